The third-order valence-electron chi connectivity index (χ3n) is 3.38. The van der Waals surface area contributed by atoms with Gasteiger partial charge in [-0.3, -0.25) is 4.79 Å². The molecule has 1 amide bonds. The van der Waals surface area contributed by atoms with Crippen LogP contribution in [0.5, 0.6) is 0 Å². The number of hydrogen-bond acceptors (Lipinski definition) is 3. The molecule has 2 atom stereocenters. The summed E-state index contributed by atoms with van der Waals surface area (Å²) in [6, 6.07) is 4.98. The van der Waals surface area contributed by atoms with Crippen molar-refractivity contribution in [2.45, 2.75) is 18.6 Å². The Morgan fingerprint density at radius 3 is 2.74 bits per heavy atom. The van der Waals surface area contributed by atoms with Crippen LogP contribution in [0.2, 0.25) is 10.0 Å². The molecular formula is C13H16Cl2N2O2. The van der Waals surface area contributed by atoms with Crippen molar-refractivity contribution in [3.05, 3.63) is 33.8 Å². The normalized spacial score (nSPS) is 22.5. The van der Waals surface area contributed by atoms with Crippen LogP contribution >= 0.6 is 23.2 Å². The second-order valence-electron chi connectivity index (χ2n) is 4.72. The van der Waals surface area contributed by atoms with Crippen LogP contribution in [-0.4, -0.2) is 48.2 Å². The number of hydrogen-bond donors (Lipinski definition) is 2. The van der Waals surface area contributed by atoms with Crippen molar-refractivity contribution in [2.24, 2.45) is 0 Å². The number of carbonyl (C=O) groups is 1. The first kappa shape index (κ1) is 14.6. The molecule has 0 bridgehead atoms. The molecule has 0 spiro atoms. The van der Waals surface area contributed by atoms with Gasteiger partial charge in [-0.25, -0.2) is 0 Å². The van der Waals surface area contributed by atoms with E-state index in [1.54, 1.807) is 30.1 Å². The SMILES string of the molecule is CN(C(=O)Cc1ccc(Cl)c(Cl)c1)[C@@H]1CNC[C@H]1O. The number of nitrogens with one attached hydrogen (secondary N) is 1. The Bertz CT molecular complexity index is 482. The maximum Gasteiger partial charge on any atom is 0.227 e. The Morgan fingerprint density at radius 1 is 1.42 bits per heavy atom. The number of aliphatic hydroxyl groups is 1. The van der Waals surface area contributed by atoms with E-state index in [1.165, 1.54) is 0 Å². The molecule has 0 aliphatic carbocycles. The van der Waals surface area contributed by atoms with E-state index >= 15 is 0 Å². The van der Waals surface area contributed by atoms with Crippen LogP contribution in [0, 0.1) is 0 Å². The van der Waals surface area contributed by atoms with Crippen molar-refractivity contribution in [3.63, 3.8) is 0 Å². The minimum atomic E-state index is -0.511. The summed E-state index contributed by atoms with van der Waals surface area (Å²) in [6.45, 7) is 1.14. The fraction of sp³-hybridized carbons (Fsp3) is 0.462. The average molecular weight is 303 g/mol. The Morgan fingerprint density at radius 2 is 2.16 bits per heavy atom. The summed E-state index contributed by atoms with van der Waals surface area (Å²) >= 11 is 11.8. The van der Waals surface area contributed by atoms with E-state index in [0.717, 1.165) is 5.56 Å². The standard InChI is InChI=1S/C13H16Cl2N2O2/c1-17(11-6-16-7-12(11)18)13(19)5-8-2-3-9(14)10(15)4-8/h2-4,11-12,16,18H,5-7H2,1H3/t11-,12-/m1/s1. The van der Waals surface area contributed by atoms with E-state index in [0.29, 0.717) is 23.1 Å². The zero-order valence-corrected chi connectivity index (χ0v) is 12.1. The highest BCUT2D eigenvalue weighted by Gasteiger charge is 2.30. The zero-order valence-electron chi connectivity index (χ0n) is 10.6. The zero-order chi connectivity index (χ0) is 14.0. The Labute approximate surface area is 122 Å². The van der Waals surface area contributed by atoms with Gasteiger partial charge < -0.3 is 15.3 Å². The quantitative estimate of drug-likeness (QED) is 0.886. The van der Waals surface area contributed by atoms with Gasteiger partial charge in [0.15, 0.2) is 0 Å². The summed E-state index contributed by atoms with van der Waals surface area (Å²) in [5, 5.41) is 13.7. The highest BCUT2D eigenvalue weighted by molar-refractivity contribution is 6.42. The summed E-state index contributed by atoms with van der Waals surface area (Å²) in [7, 11) is 1.71. The van der Waals surface area contributed by atoms with Gasteiger partial charge in [-0.15, -0.1) is 0 Å². The van der Waals surface area contributed by atoms with Crippen LogP contribution in [0.15, 0.2) is 18.2 Å². The van der Waals surface area contributed by atoms with Crippen LogP contribution in [0.1, 0.15) is 5.56 Å². The lowest BCUT2D eigenvalue weighted by atomic mass is 10.1. The molecule has 0 saturated carbocycles. The second kappa shape index (κ2) is 6.09. The number of β-amino-alcohol motifs (C(OH)–C–C–N with tert-alkyl or cyclic N) is 1. The molecule has 0 aromatic heterocycles. The van der Waals surface area contributed by atoms with Gasteiger partial charge in [-0.2, -0.15) is 0 Å². The molecule has 1 fully saturated rings. The lowest BCUT2D eigenvalue weighted by Crippen LogP contribution is -2.44. The topological polar surface area (TPSA) is 52.6 Å². The number of carbonyl (C=O) groups excluding carboxylic acids is 1. The van der Waals surface area contributed by atoms with E-state index in [1.807, 2.05) is 0 Å². The van der Waals surface area contributed by atoms with Crippen LogP contribution in [-0.2, 0) is 11.2 Å². The molecule has 1 aliphatic heterocycles. The van der Waals surface area contributed by atoms with Crippen LogP contribution < -0.4 is 5.32 Å². The molecule has 4 nitrogen and oxygen atoms in total. The molecule has 104 valence electrons. The fourth-order valence-corrected chi connectivity index (χ4v) is 2.50. The minimum absolute atomic E-state index is 0.0499. The van der Waals surface area contributed by atoms with E-state index in [2.05, 4.69) is 5.32 Å². The summed E-state index contributed by atoms with van der Waals surface area (Å²) in [5.74, 6) is -0.0499. The van der Waals surface area contributed by atoms with Gasteiger partial charge in [0.2, 0.25) is 5.91 Å². The lowest BCUT2D eigenvalue weighted by molar-refractivity contribution is -0.132. The molecule has 1 aliphatic rings. The van der Waals surface area contributed by atoms with Crippen molar-refractivity contribution in [1.82, 2.24) is 10.2 Å². The van der Waals surface area contributed by atoms with Crippen LogP contribution in [0.4, 0.5) is 0 Å². The monoisotopic (exact) mass is 302 g/mol. The number of amides is 1. The Balaban J connectivity index is 2.02. The largest absolute Gasteiger partial charge is 0.390 e. The van der Waals surface area contributed by atoms with E-state index < -0.39 is 6.10 Å². The number of likely N-dealkylation sites (N-methyl/N-ethyl adjacent to an activating group) is 1. The first-order valence-electron chi connectivity index (χ1n) is 6.07. The molecule has 19 heavy (non-hydrogen) atoms. The minimum Gasteiger partial charge on any atom is -0.390 e. The number of benzene rings is 1. The molecular weight excluding hydrogens is 287 g/mol. The van der Waals surface area contributed by atoms with Gasteiger partial charge in [0.25, 0.3) is 0 Å². The first-order valence-corrected chi connectivity index (χ1v) is 6.83. The van der Waals surface area contributed by atoms with Crippen molar-refractivity contribution in [2.75, 3.05) is 20.1 Å². The average Bonchev–Trinajstić information content (AvgIpc) is 2.79. The first-order chi connectivity index (χ1) is 8.99. The molecule has 1 saturated heterocycles. The number of aliphatic hydroxyl groups excluding tert-OH is 1. The van der Waals surface area contributed by atoms with Crippen molar-refractivity contribution in [3.8, 4) is 0 Å². The summed E-state index contributed by atoms with van der Waals surface area (Å²) in [6.07, 6.45) is -0.265. The molecule has 1 aromatic rings. The van der Waals surface area contributed by atoms with Gasteiger partial charge in [0.1, 0.15) is 0 Å². The van der Waals surface area contributed by atoms with Crippen molar-refractivity contribution < 1.29 is 9.90 Å². The third kappa shape index (κ3) is 3.39. The Kier molecular flexibility index (Phi) is 4.68. The number of rotatable bonds is 3. The summed E-state index contributed by atoms with van der Waals surface area (Å²) in [5.41, 5.74) is 0.812. The lowest BCUT2D eigenvalue weighted by Gasteiger charge is -2.26. The van der Waals surface area contributed by atoms with Crippen LogP contribution in [0.3, 0.4) is 0 Å². The Hall–Kier alpha value is -0.810. The highest BCUT2D eigenvalue weighted by Crippen LogP contribution is 2.23. The smallest absolute Gasteiger partial charge is 0.227 e. The van der Waals surface area contributed by atoms with Gasteiger partial charge in [-0.1, -0.05) is 29.3 Å². The highest BCUT2D eigenvalue weighted by atomic mass is 35.5. The molecule has 0 unspecified atom stereocenters. The van der Waals surface area contributed by atoms with Gasteiger partial charge >= 0.3 is 0 Å². The fourth-order valence-electron chi connectivity index (χ4n) is 2.18. The van der Waals surface area contributed by atoms with Crippen molar-refractivity contribution >= 4 is 29.1 Å². The third-order valence-corrected chi connectivity index (χ3v) is 4.12. The van der Waals surface area contributed by atoms with Gasteiger partial charge in [0.05, 0.1) is 28.6 Å². The van der Waals surface area contributed by atoms with E-state index in [4.69, 9.17) is 23.2 Å². The molecule has 1 heterocycles. The maximum absolute atomic E-state index is 12.2. The molecule has 0 radical (unpaired) electrons. The second-order valence-corrected chi connectivity index (χ2v) is 5.54. The van der Waals surface area contributed by atoms with Crippen LogP contribution in [0.25, 0.3) is 0 Å². The molecule has 2 N–H and O–H groups in total. The summed E-state index contributed by atoms with van der Waals surface area (Å²) < 4.78 is 0. The molecule has 6 heteroatoms. The number of halogens is 2. The summed E-state index contributed by atoms with van der Waals surface area (Å²) in [4.78, 5) is 13.7. The maximum atomic E-state index is 12.2. The van der Waals surface area contributed by atoms with Gasteiger partial charge in [-0.05, 0) is 17.7 Å². The molecule has 1 aromatic carbocycles. The number of nitrogens with zero attached hydrogens (tertiary/aromatic N) is 1. The predicted molar refractivity (Wildman–Crippen MR) is 75.6 cm³/mol. The van der Waals surface area contributed by atoms with Gasteiger partial charge in [0, 0.05) is 20.1 Å². The van der Waals surface area contributed by atoms with E-state index in [9.17, 15) is 9.90 Å². The predicted octanol–water partition coefficient (Wildman–Crippen LogP) is 1.33. The van der Waals surface area contributed by atoms with Crippen molar-refractivity contribution in [1.29, 1.82) is 0 Å². The van der Waals surface area contributed by atoms with E-state index in [-0.39, 0.29) is 18.4 Å². The molecule has 2 rings (SSSR count).